The maximum Gasteiger partial charge on any atom is 0.188 e. The number of aldehydes is 1. The number of hydrogen-bond acceptors (Lipinski definition) is 5. The molecule has 0 unspecified atom stereocenters. The van der Waals surface area contributed by atoms with Crippen LogP contribution in [-0.4, -0.2) is 33.9 Å². The van der Waals surface area contributed by atoms with E-state index in [0.29, 0.717) is 22.8 Å². The van der Waals surface area contributed by atoms with Crippen molar-refractivity contribution in [3.8, 4) is 17.2 Å². The Morgan fingerprint density at radius 1 is 1.39 bits per heavy atom. The van der Waals surface area contributed by atoms with Gasteiger partial charge in [-0.15, -0.1) is 0 Å². The Kier molecular flexibility index (Phi) is 3.84. The van der Waals surface area contributed by atoms with Crippen molar-refractivity contribution in [3.05, 3.63) is 23.3 Å². The molecule has 0 atom stereocenters. The van der Waals surface area contributed by atoms with E-state index in [2.05, 4.69) is 0 Å². The van der Waals surface area contributed by atoms with Gasteiger partial charge in [0.2, 0.25) is 0 Å². The van der Waals surface area contributed by atoms with Crippen molar-refractivity contribution in [1.82, 2.24) is 0 Å². The average Bonchev–Trinajstić information content (AvgIpc) is 2.43. The molecule has 5 heteroatoms. The van der Waals surface area contributed by atoms with Crippen LogP contribution in [0.5, 0.6) is 17.2 Å². The highest BCUT2D eigenvalue weighted by atomic mass is 16.7. The molecule has 1 aliphatic heterocycles. The third kappa shape index (κ3) is 2.46. The second-order valence-electron chi connectivity index (χ2n) is 3.71. The van der Waals surface area contributed by atoms with Crippen molar-refractivity contribution in [2.24, 2.45) is 0 Å². The smallest absolute Gasteiger partial charge is 0.188 e. The summed E-state index contributed by atoms with van der Waals surface area (Å²) < 4.78 is 20.9. The van der Waals surface area contributed by atoms with Crippen molar-refractivity contribution in [2.45, 2.75) is 0 Å². The Balaban J connectivity index is 2.38. The highest BCUT2D eigenvalue weighted by Gasteiger charge is 2.17. The van der Waals surface area contributed by atoms with Crippen molar-refractivity contribution >= 4 is 12.4 Å². The van der Waals surface area contributed by atoms with E-state index in [1.807, 2.05) is 0 Å². The lowest BCUT2D eigenvalue weighted by Gasteiger charge is -2.19. The lowest BCUT2D eigenvalue weighted by atomic mass is 10.1. The number of fused-ring (bicyclic) bond motifs is 1. The molecule has 0 N–H and O–H groups in total. The van der Waals surface area contributed by atoms with Gasteiger partial charge in [-0.1, -0.05) is 0 Å². The van der Waals surface area contributed by atoms with Crippen LogP contribution in [0.1, 0.15) is 5.56 Å². The first-order chi connectivity index (χ1) is 8.78. The van der Waals surface area contributed by atoms with Crippen LogP contribution in [0, 0.1) is 0 Å². The normalized spacial score (nSPS) is 13.1. The zero-order valence-electron chi connectivity index (χ0n) is 10.3. The molecule has 0 spiro atoms. The number of benzene rings is 1. The lowest BCUT2D eigenvalue weighted by Crippen LogP contribution is -2.09. The predicted molar refractivity (Wildman–Crippen MR) is 65.0 cm³/mol. The molecule has 1 heterocycles. The molecule has 0 saturated heterocycles. The van der Waals surface area contributed by atoms with Crippen LogP contribution in [0.3, 0.4) is 0 Å². The quantitative estimate of drug-likeness (QED) is 0.587. The van der Waals surface area contributed by atoms with Gasteiger partial charge in [0.05, 0.1) is 12.7 Å². The lowest BCUT2D eigenvalue weighted by molar-refractivity contribution is -0.105. The van der Waals surface area contributed by atoms with Crippen molar-refractivity contribution < 1.29 is 23.7 Å². The predicted octanol–water partition coefficient (Wildman–Crippen LogP) is 1.65. The summed E-state index contributed by atoms with van der Waals surface area (Å²) in [4.78, 5) is 10.7. The van der Waals surface area contributed by atoms with Crippen molar-refractivity contribution in [3.63, 3.8) is 0 Å². The molecule has 0 saturated carbocycles. The topological polar surface area (TPSA) is 54.0 Å². The van der Waals surface area contributed by atoms with E-state index in [-0.39, 0.29) is 13.4 Å². The molecule has 0 aromatic heterocycles. The molecule has 0 radical (unpaired) electrons. The SMILES string of the molecule is COCOc1cc(OC)c2c(c1)OCC(C=O)=C2. The average molecular weight is 250 g/mol. The minimum Gasteiger partial charge on any atom is -0.496 e. The minimum atomic E-state index is 0.150. The standard InChI is InChI=1S/C13H14O5/c1-15-8-18-10-4-12(16-2)11-3-9(6-14)7-17-13(11)5-10/h3-6H,7-8H2,1-2H3. The van der Waals surface area contributed by atoms with Gasteiger partial charge in [-0.3, -0.25) is 4.79 Å². The number of hydrogen-bond donors (Lipinski definition) is 0. The van der Waals surface area contributed by atoms with Crippen molar-refractivity contribution in [1.29, 1.82) is 0 Å². The second-order valence-corrected chi connectivity index (χ2v) is 3.71. The van der Waals surface area contributed by atoms with E-state index in [1.54, 1.807) is 32.4 Å². The molecular weight excluding hydrogens is 236 g/mol. The van der Waals surface area contributed by atoms with Gasteiger partial charge in [-0.2, -0.15) is 0 Å². The monoisotopic (exact) mass is 250 g/mol. The zero-order valence-corrected chi connectivity index (χ0v) is 10.3. The molecule has 5 nitrogen and oxygen atoms in total. The molecule has 96 valence electrons. The molecular formula is C13H14O5. The van der Waals surface area contributed by atoms with E-state index < -0.39 is 0 Å². The Bertz CT molecular complexity index is 479. The van der Waals surface area contributed by atoms with E-state index in [4.69, 9.17) is 18.9 Å². The van der Waals surface area contributed by atoms with E-state index >= 15 is 0 Å². The Hall–Kier alpha value is -2.01. The van der Waals surface area contributed by atoms with Crippen LogP contribution >= 0.6 is 0 Å². The van der Waals surface area contributed by atoms with Crippen LogP contribution in [-0.2, 0) is 9.53 Å². The molecule has 2 rings (SSSR count). The van der Waals surface area contributed by atoms with Crippen LogP contribution in [0.15, 0.2) is 17.7 Å². The molecule has 1 aromatic carbocycles. The first kappa shape index (κ1) is 12.4. The van der Waals surface area contributed by atoms with Crippen LogP contribution in [0.4, 0.5) is 0 Å². The van der Waals surface area contributed by atoms with Gasteiger partial charge in [0.25, 0.3) is 0 Å². The fourth-order valence-corrected chi connectivity index (χ4v) is 1.67. The summed E-state index contributed by atoms with van der Waals surface area (Å²) in [5, 5.41) is 0. The minimum absolute atomic E-state index is 0.150. The van der Waals surface area contributed by atoms with Gasteiger partial charge in [0, 0.05) is 24.8 Å². The van der Waals surface area contributed by atoms with Gasteiger partial charge in [-0.05, 0) is 6.08 Å². The fraction of sp³-hybridized carbons (Fsp3) is 0.308. The summed E-state index contributed by atoms with van der Waals surface area (Å²) in [5.74, 6) is 1.82. The number of rotatable bonds is 5. The van der Waals surface area contributed by atoms with Gasteiger partial charge in [-0.25, -0.2) is 0 Å². The molecule has 18 heavy (non-hydrogen) atoms. The largest absolute Gasteiger partial charge is 0.496 e. The number of methoxy groups -OCH3 is 2. The summed E-state index contributed by atoms with van der Waals surface area (Å²) in [7, 11) is 3.10. The summed E-state index contributed by atoms with van der Waals surface area (Å²) in [6.07, 6.45) is 2.53. The van der Waals surface area contributed by atoms with Crippen LogP contribution in [0.2, 0.25) is 0 Å². The zero-order chi connectivity index (χ0) is 13.0. The number of carbonyl (C=O) groups excluding carboxylic acids is 1. The molecule has 0 aliphatic carbocycles. The highest BCUT2D eigenvalue weighted by Crippen LogP contribution is 2.37. The Morgan fingerprint density at radius 2 is 2.22 bits per heavy atom. The van der Waals surface area contributed by atoms with Gasteiger partial charge in [0.1, 0.15) is 30.1 Å². The number of carbonyl (C=O) groups is 1. The summed E-state index contributed by atoms with van der Waals surface area (Å²) in [6, 6.07) is 3.47. The van der Waals surface area contributed by atoms with Gasteiger partial charge >= 0.3 is 0 Å². The molecule has 0 bridgehead atoms. The van der Waals surface area contributed by atoms with Gasteiger partial charge in [0.15, 0.2) is 6.79 Å². The van der Waals surface area contributed by atoms with Crippen molar-refractivity contribution in [2.75, 3.05) is 27.6 Å². The van der Waals surface area contributed by atoms with Crippen LogP contribution in [0.25, 0.3) is 6.08 Å². The van der Waals surface area contributed by atoms with E-state index in [0.717, 1.165) is 11.8 Å². The Morgan fingerprint density at radius 3 is 2.89 bits per heavy atom. The molecule has 0 amide bonds. The third-order valence-electron chi connectivity index (χ3n) is 2.52. The first-order valence-electron chi connectivity index (χ1n) is 5.40. The van der Waals surface area contributed by atoms with E-state index in [1.165, 1.54) is 0 Å². The highest BCUT2D eigenvalue weighted by molar-refractivity contribution is 5.86. The molecule has 0 fully saturated rings. The Labute approximate surface area is 105 Å². The summed E-state index contributed by atoms with van der Waals surface area (Å²) in [6.45, 7) is 0.407. The maximum atomic E-state index is 10.7. The van der Waals surface area contributed by atoms with Gasteiger partial charge < -0.3 is 18.9 Å². The molecule has 1 aromatic rings. The summed E-state index contributed by atoms with van der Waals surface area (Å²) >= 11 is 0. The number of ether oxygens (including phenoxy) is 4. The van der Waals surface area contributed by atoms with Crippen LogP contribution < -0.4 is 14.2 Å². The first-order valence-corrected chi connectivity index (χ1v) is 5.40. The second kappa shape index (κ2) is 5.55. The maximum absolute atomic E-state index is 10.7. The summed E-state index contributed by atoms with van der Waals surface area (Å²) in [5.41, 5.74) is 1.32. The molecule has 1 aliphatic rings. The fourth-order valence-electron chi connectivity index (χ4n) is 1.67. The third-order valence-corrected chi connectivity index (χ3v) is 2.52. The van der Waals surface area contributed by atoms with E-state index in [9.17, 15) is 4.79 Å².